The number of pyridine rings is 1. The molecule has 3 rings (SSSR count). The van der Waals surface area contributed by atoms with Crippen LogP contribution in [-0.2, 0) is 6.42 Å². The topological polar surface area (TPSA) is 81.9 Å². The third-order valence-electron chi connectivity index (χ3n) is 4.01. The van der Waals surface area contributed by atoms with Crippen LogP contribution in [-0.4, -0.2) is 36.1 Å². The Morgan fingerprint density at radius 1 is 1.15 bits per heavy atom. The van der Waals surface area contributed by atoms with Gasteiger partial charge in [-0.05, 0) is 36.2 Å². The van der Waals surface area contributed by atoms with Crippen LogP contribution in [0, 0.1) is 0 Å². The Morgan fingerprint density at radius 2 is 1.96 bits per heavy atom. The molecular weight excluding hydrogens is 334 g/mol. The van der Waals surface area contributed by atoms with Crippen LogP contribution in [0.3, 0.4) is 0 Å². The maximum Gasteiger partial charge on any atom is 0.270 e. The van der Waals surface area contributed by atoms with Crippen molar-refractivity contribution in [1.82, 2.24) is 14.7 Å². The zero-order chi connectivity index (χ0) is 18.5. The molecule has 0 bridgehead atoms. The molecule has 0 aliphatic heterocycles. The lowest BCUT2D eigenvalue weighted by Crippen LogP contribution is -2.32. The Labute approximate surface area is 150 Å². The van der Waals surface area contributed by atoms with Gasteiger partial charge in [0.2, 0.25) is 0 Å². The standard InChI is InChI=1S/C19H19N3O4/c1-25-15-7-6-13(11-16(15)26-2)8-9-20-18(23)14-12-21-17-5-3-4-10-22(17)19(14)24/h3-7,10-12H,8-9H2,1-2H3,(H,20,23). The third kappa shape index (κ3) is 3.51. The molecule has 7 nitrogen and oxygen atoms in total. The van der Waals surface area contributed by atoms with Gasteiger partial charge in [-0.1, -0.05) is 12.1 Å². The van der Waals surface area contributed by atoms with Gasteiger partial charge in [-0.3, -0.25) is 14.0 Å². The summed E-state index contributed by atoms with van der Waals surface area (Å²) in [5.41, 5.74) is 1.11. The summed E-state index contributed by atoms with van der Waals surface area (Å²) in [6.07, 6.45) is 3.49. The van der Waals surface area contributed by atoms with Crippen molar-refractivity contribution < 1.29 is 14.3 Å². The average molecular weight is 353 g/mol. The van der Waals surface area contributed by atoms with Crippen molar-refractivity contribution in [2.75, 3.05) is 20.8 Å². The van der Waals surface area contributed by atoms with Crippen LogP contribution in [0.15, 0.2) is 53.6 Å². The number of rotatable bonds is 6. The van der Waals surface area contributed by atoms with Gasteiger partial charge in [-0.25, -0.2) is 4.98 Å². The summed E-state index contributed by atoms with van der Waals surface area (Å²) in [6, 6.07) is 10.8. The Balaban J connectivity index is 1.68. The summed E-state index contributed by atoms with van der Waals surface area (Å²) in [4.78, 5) is 28.8. The molecule has 0 saturated carbocycles. The first kappa shape index (κ1) is 17.5. The molecule has 0 aliphatic carbocycles. The van der Waals surface area contributed by atoms with E-state index >= 15 is 0 Å². The van der Waals surface area contributed by atoms with Crippen LogP contribution in [0.4, 0.5) is 0 Å². The number of hydrogen-bond acceptors (Lipinski definition) is 5. The minimum atomic E-state index is -0.443. The van der Waals surface area contributed by atoms with E-state index in [1.54, 1.807) is 38.6 Å². The lowest BCUT2D eigenvalue weighted by molar-refractivity contribution is 0.0952. The van der Waals surface area contributed by atoms with Crippen molar-refractivity contribution >= 4 is 11.6 Å². The van der Waals surface area contributed by atoms with E-state index in [-0.39, 0.29) is 11.1 Å². The number of aromatic nitrogens is 2. The fraction of sp³-hybridized carbons (Fsp3) is 0.211. The highest BCUT2D eigenvalue weighted by Gasteiger charge is 2.13. The van der Waals surface area contributed by atoms with Gasteiger partial charge in [-0.2, -0.15) is 0 Å². The van der Waals surface area contributed by atoms with E-state index in [4.69, 9.17) is 9.47 Å². The number of amides is 1. The van der Waals surface area contributed by atoms with Gasteiger partial charge in [0, 0.05) is 18.9 Å². The van der Waals surface area contributed by atoms with Gasteiger partial charge in [-0.15, -0.1) is 0 Å². The van der Waals surface area contributed by atoms with Crippen LogP contribution in [0.25, 0.3) is 5.65 Å². The number of carbonyl (C=O) groups is 1. The molecular formula is C19H19N3O4. The second-order valence-electron chi connectivity index (χ2n) is 5.60. The molecule has 1 amide bonds. The molecule has 3 aromatic rings. The van der Waals surface area contributed by atoms with Crippen LogP contribution in [0.1, 0.15) is 15.9 Å². The summed E-state index contributed by atoms with van der Waals surface area (Å²) in [5.74, 6) is 0.838. The van der Waals surface area contributed by atoms with E-state index in [0.717, 1.165) is 5.56 Å². The van der Waals surface area contributed by atoms with Gasteiger partial charge in [0.05, 0.1) is 14.2 Å². The summed E-state index contributed by atoms with van der Waals surface area (Å²) in [5, 5.41) is 2.75. The maximum atomic E-state index is 12.4. The van der Waals surface area contributed by atoms with Crippen molar-refractivity contribution in [2.45, 2.75) is 6.42 Å². The van der Waals surface area contributed by atoms with Crippen LogP contribution in [0.5, 0.6) is 11.5 Å². The zero-order valence-electron chi connectivity index (χ0n) is 14.6. The average Bonchev–Trinajstić information content (AvgIpc) is 2.68. The lowest BCUT2D eigenvalue weighted by atomic mass is 10.1. The Morgan fingerprint density at radius 3 is 2.73 bits per heavy atom. The predicted molar refractivity (Wildman–Crippen MR) is 97.0 cm³/mol. The van der Waals surface area contributed by atoms with Crippen molar-refractivity contribution in [1.29, 1.82) is 0 Å². The monoisotopic (exact) mass is 353 g/mol. The first-order chi connectivity index (χ1) is 12.6. The molecule has 0 saturated heterocycles. The highest BCUT2D eigenvalue weighted by molar-refractivity contribution is 5.93. The number of benzene rings is 1. The Kier molecular flexibility index (Phi) is 5.17. The normalized spacial score (nSPS) is 10.5. The van der Waals surface area contributed by atoms with Gasteiger partial charge in [0.1, 0.15) is 11.2 Å². The molecule has 1 N–H and O–H groups in total. The van der Waals surface area contributed by atoms with Gasteiger partial charge < -0.3 is 14.8 Å². The lowest BCUT2D eigenvalue weighted by Gasteiger charge is -2.10. The van der Waals surface area contributed by atoms with E-state index in [1.807, 2.05) is 18.2 Å². The molecule has 0 unspecified atom stereocenters. The number of hydrogen-bond donors (Lipinski definition) is 1. The Hall–Kier alpha value is -3.35. The van der Waals surface area contributed by atoms with Crippen LogP contribution >= 0.6 is 0 Å². The van der Waals surface area contributed by atoms with Crippen molar-refractivity contribution in [3.8, 4) is 11.5 Å². The molecule has 2 heterocycles. The zero-order valence-corrected chi connectivity index (χ0v) is 14.6. The molecule has 0 aliphatic rings. The number of carbonyl (C=O) groups excluding carboxylic acids is 1. The summed E-state index contributed by atoms with van der Waals surface area (Å²) < 4.78 is 11.8. The van der Waals surface area contributed by atoms with E-state index in [1.165, 1.54) is 10.6 Å². The summed E-state index contributed by atoms with van der Waals surface area (Å²) in [6.45, 7) is 0.380. The first-order valence-electron chi connectivity index (χ1n) is 8.09. The molecule has 1 aromatic carbocycles. The fourth-order valence-electron chi connectivity index (χ4n) is 2.63. The predicted octanol–water partition coefficient (Wildman–Crippen LogP) is 1.68. The van der Waals surface area contributed by atoms with Gasteiger partial charge in [0.15, 0.2) is 11.5 Å². The SMILES string of the molecule is COc1ccc(CCNC(=O)c2cnc3ccccn3c2=O)cc1OC. The fourth-order valence-corrected chi connectivity index (χ4v) is 2.63. The van der Waals surface area contributed by atoms with Crippen molar-refractivity contribution in [2.24, 2.45) is 0 Å². The van der Waals surface area contributed by atoms with E-state index in [0.29, 0.717) is 30.1 Å². The first-order valence-corrected chi connectivity index (χ1v) is 8.09. The molecule has 7 heteroatoms. The third-order valence-corrected chi connectivity index (χ3v) is 4.01. The molecule has 26 heavy (non-hydrogen) atoms. The highest BCUT2D eigenvalue weighted by Crippen LogP contribution is 2.27. The molecule has 134 valence electrons. The number of nitrogens with one attached hydrogen (secondary N) is 1. The van der Waals surface area contributed by atoms with Crippen molar-refractivity contribution in [3.63, 3.8) is 0 Å². The van der Waals surface area contributed by atoms with Crippen LogP contribution in [0.2, 0.25) is 0 Å². The molecule has 0 atom stereocenters. The number of fused-ring (bicyclic) bond motifs is 1. The summed E-state index contributed by atoms with van der Waals surface area (Å²) in [7, 11) is 3.15. The minimum Gasteiger partial charge on any atom is -0.493 e. The molecule has 0 fully saturated rings. The number of methoxy groups -OCH3 is 2. The molecule has 0 radical (unpaired) electrons. The smallest absolute Gasteiger partial charge is 0.270 e. The largest absolute Gasteiger partial charge is 0.493 e. The second kappa shape index (κ2) is 7.69. The van der Waals surface area contributed by atoms with Crippen LogP contribution < -0.4 is 20.3 Å². The minimum absolute atomic E-state index is 0.0148. The highest BCUT2D eigenvalue weighted by atomic mass is 16.5. The van der Waals surface area contributed by atoms with Gasteiger partial charge in [0.25, 0.3) is 11.5 Å². The molecule has 2 aromatic heterocycles. The number of ether oxygens (including phenoxy) is 2. The number of nitrogens with zero attached hydrogens (tertiary/aromatic N) is 2. The Bertz CT molecular complexity index is 997. The van der Waals surface area contributed by atoms with E-state index in [9.17, 15) is 9.59 Å². The van der Waals surface area contributed by atoms with E-state index < -0.39 is 5.91 Å². The quantitative estimate of drug-likeness (QED) is 0.729. The molecule has 0 spiro atoms. The maximum absolute atomic E-state index is 12.4. The summed E-state index contributed by atoms with van der Waals surface area (Å²) >= 11 is 0. The van der Waals surface area contributed by atoms with Crippen molar-refractivity contribution in [3.05, 3.63) is 70.3 Å². The van der Waals surface area contributed by atoms with E-state index in [2.05, 4.69) is 10.3 Å². The van der Waals surface area contributed by atoms with Gasteiger partial charge >= 0.3 is 0 Å². The second-order valence-corrected chi connectivity index (χ2v) is 5.60.